The van der Waals surface area contributed by atoms with E-state index in [-0.39, 0.29) is 12.0 Å². The van der Waals surface area contributed by atoms with Crippen molar-refractivity contribution in [1.29, 1.82) is 0 Å². The van der Waals surface area contributed by atoms with Crippen molar-refractivity contribution in [3.8, 4) is 0 Å². The van der Waals surface area contributed by atoms with Crippen molar-refractivity contribution in [3.63, 3.8) is 0 Å². The minimum Gasteiger partial charge on any atom is -0.406 e. The number of carbonyl (C=O) groups is 2. The Labute approximate surface area is 535 Å². The van der Waals surface area contributed by atoms with E-state index in [1.165, 1.54) is 199 Å². The number of nitrogens with two attached hydrogens (primary N) is 1. The molecule has 498 valence electrons. The first-order chi connectivity index (χ1) is 42.3. The van der Waals surface area contributed by atoms with Gasteiger partial charge in [0.2, 0.25) is 0 Å². The largest absolute Gasteiger partial charge is 0.413 e. The van der Waals surface area contributed by atoms with Crippen LogP contribution in [0.3, 0.4) is 0 Å². The smallest absolute Gasteiger partial charge is 0.406 e. The Morgan fingerprint density at radius 2 is 0.616 bits per heavy atom. The fraction of sp³-hybridized carbons (Fsp3) is 0.772. The standard InChI is InChI=1S/C79H143N3O4/c1-7-11-15-19-23-27-31-35-39-43-47-51-55-59-63-67-71-76(75-81(5)6)79(85-77(80)83,72-68-64-60-56-52-48-44-40-36-32-28-24-20-16-12-8-2)86-78(84)82(73-69-65-61-57-53-49-45-41-37-33-29-25-21-17-13-9-3)74-70-66-62-58-54-50-46-42-38-34-30-26-22-18-14-10-4/h23-30,35-42,76H,7-22,31-34,43-75H2,1-6H3,(H2,80,83)/b27-23-,28-24-,29-25-,30-26-,39-35-,40-36-,41-37-,42-38-. The quantitative estimate of drug-likeness (QED) is 0.0373. The van der Waals surface area contributed by atoms with Gasteiger partial charge in [-0.25, -0.2) is 9.59 Å². The van der Waals surface area contributed by atoms with Crippen molar-refractivity contribution in [3.05, 3.63) is 97.2 Å². The van der Waals surface area contributed by atoms with Gasteiger partial charge in [-0.3, -0.25) is 0 Å². The third-order valence-corrected chi connectivity index (χ3v) is 16.7. The van der Waals surface area contributed by atoms with E-state index in [9.17, 15) is 9.59 Å². The molecule has 0 saturated carbocycles. The van der Waals surface area contributed by atoms with Crippen molar-refractivity contribution in [1.82, 2.24) is 9.80 Å². The third kappa shape index (κ3) is 58.1. The van der Waals surface area contributed by atoms with E-state index in [1.807, 2.05) is 4.90 Å². The second-order valence-electron chi connectivity index (χ2n) is 25.4. The van der Waals surface area contributed by atoms with E-state index >= 15 is 0 Å². The number of carbonyl (C=O) groups excluding carboxylic acids is 2. The minimum absolute atomic E-state index is 0.205. The number of ether oxygens (including phenoxy) is 2. The summed E-state index contributed by atoms with van der Waals surface area (Å²) in [6.07, 6.45) is 93.5. The van der Waals surface area contributed by atoms with Crippen LogP contribution in [0.1, 0.15) is 349 Å². The molecule has 0 saturated heterocycles. The van der Waals surface area contributed by atoms with Crippen LogP contribution in [0.25, 0.3) is 0 Å². The summed E-state index contributed by atoms with van der Waals surface area (Å²) in [5, 5.41) is 0. The van der Waals surface area contributed by atoms with E-state index in [1.54, 1.807) is 0 Å². The van der Waals surface area contributed by atoms with Crippen LogP contribution in [0.15, 0.2) is 97.2 Å². The topological polar surface area (TPSA) is 85.1 Å². The molecule has 86 heavy (non-hydrogen) atoms. The first-order valence-electron chi connectivity index (χ1n) is 37.1. The Kier molecular flexibility index (Phi) is 64.5. The van der Waals surface area contributed by atoms with Gasteiger partial charge in [-0.05, 0) is 168 Å². The van der Waals surface area contributed by atoms with Crippen LogP contribution < -0.4 is 5.73 Å². The average Bonchev–Trinajstić information content (AvgIpc) is 3.66. The van der Waals surface area contributed by atoms with Gasteiger partial charge in [0.05, 0.1) is 0 Å². The maximum atomic E-state index is 14.9. The summed E-state index contributed by atoms with van der Waals surface area (Å²) in [4.78, 5) is 32.2. The predicted molar refractivity (Wildman–Crippen MR) is 380 cm³/mol. The second-order valence-corrected chi connectivity index (χ2v) is 25.4. The molecular formula is C79H143N3O4. The molecule has 2 atom stereocenters. The molecule has 0 bridgehead atoms. The lowest BCUT2D eigenvalue weighted by Crippen LogP contribution is -2.53. The molecule has 0 aliphatic rings. The van der Waals surface area contributed by atoms with Crippen molar-refractivity contribution in [2.45, 2.75) is 355 Å². The molecule has 0 aromatic carbocycles. The van der Waals surface area contributed by atoms with Crippen LogP contribution in [-0.4, -0.2) is 61.5 Å². The summed E-state index contributed by atoms with van der Waals surface area (Å²) in [6, 6.07) is 0. The first kappa shape index (κ1) is 82.4. The molecule has 0 aromatic heterocycles. The SMILES string of the molecule is CCCCC/C=C\C/C=C\CCCCCCCCC(CN(C)C)C(CCCCCCCC/C=C\C/C=C\CCCCC)(OC(N)=O)OC(=O)N(CCCCCCCC/C=C\C/C=C\CCCCC)CCCCCCCC/C=C\C/C=C\CCCCC. The molecule has 0 heterocycles. The van der Waals surface area contributed by atoms with Crippen molar-refractivity contribution in [2.75, 3.05) is 33.7 Å². The normalized spacial score (nSPS) is 13.5. The highest BCUT2D eigenvalue weighted by Crippen LogP contribution is 2.36. The minimum atomic E-state index is -1.43. The fourth-order valence-corrected chi connectivity index (χ4v) is 11.4. The fourth-order valence-electron chi connectivity index (χ4n) is 11.4. The third-order valence-electron chi connectivity index (χ3n) is 16.7. The van der Waals surface area contributed by atoms with Crippen LogP contribution in [0.2, 0.25) is 0 Å². The Balaban J connectivity index is 6.01. The van der Waals surface area contributed by atoms with E-state index < -0.39 is 11.9 Å². The highest BCUT2D eigenvalue weighted by molar-refractivity contribution is 5.69. The van der Waals surface area contributed by atoms with Crippen molar-refractivity contribution >= 4 is 12.2 Å². The Bertz CT molecular complexity index is 1640. The average molecular weight is 1200 g/mol. The monoisotopic (exact) mass is 1200 g/mol. The van der Waals surface area contributed by atoms with E-state index in [0.29, 0.717) is 26.1 Å². The molecular weight excluding hydrogens is 1050 g/mol. The van der Waals surface area contributed by atoms with Gasteiger partial charge < -0.3 is 25.0 Å². The van der Waals surface area contributed by atoms with Crippen LogP contribution in [0.5, 0.6) is 0 Å². The van der Waals surface area contributed by atoms with Crippen molar-refractivity contribution < 1.29 is 19.1 Å². The molecule has 2 N–H and O–H groups in total. The van der Waals surface area contributed by atoms with Gasteiger partial charge in [-0.1, -0.05) is 285 Å². The summed E-state index contributed by atoms with van der Waals surface area (Å²) in [7, 11) is 4.15. The van der Waals surface area contributed by atoms with Gasteiger partial charge in [-0.15, -0.1) is 0 Å². The number of hydrogen-bond donors (Lipinski definition) is 1. The van der Waals surface area contributed by atoms with E-state index in [4.69, 9.17) is 15.2 Å². The zero-order valence-corrected chi connectivity index (χ0v) is 57.9. The van der Waals surface area contributed by atoms with E-state index in [2.05, 4.69) is 144 Å². The molecule has 0 spiro atoms. The second kappa shape index (κ2) is 67.4. The summed E-state index contributed by atoms with van der Waals surface area (Å²) in [5.41, 5.74) is 6.05. The molecule has 0 aliphatic carbocycles. The molecule has 0 aromatic rings. The summed E-state index contributed by atoms with van der Waals surface area (Å²) in [5.74, 6) is -1.64. The van der Waals surface area contributed by atoms with Gasteiger partial charge in [0.15, 0.2) is 0 Å². The molecule has 2 amide bonds. The number of primary amides is 1. The maximum absolute atomic E-state index is 14.9. The van der Waals surface area contributed by atoms with Gasteiger partial charge in [-0.2, -0.15) is 0 Å². The summed E-state index contributed by atoms with van der Waals surface area (Å²) >= 11 is 0. The molecule has 7 nitrogen and oxygen atoms in total. The number of nitrogens with zero attached hydrogens (tertiary/aromatic N) is 2. The molecule has 0 fully saturated rings. The molecule has 2 unspecified atom stereocenters. The number of unbranched alkanes of at least 4 members (excludes halogenated alkanes) is 36. The molecule has 0 aliphatic heterocycles. The molecule has 0 radical (unpaired) electrons. The first-order valence-corrected chi connectivity index (χ1v) is 37.1. The number of rotatable bonds is 65. The van der Waals surface area contributed by atoms with E-state index in [0.717, 1.165) is 116 Å². The Morgan fingerprint density at radius 1 is 0.349 bits per heavy atom. The van der Waals surface area contributed by atoms with Crippen molar-refractivity contribution in [2.24, 2.45) is 11.7 Å². The Hall–Kier alpha value is -3.58. The van der Waals surface area contributed by atoms with Gasteiger partial charge in [0.25, 0.3) is 5.79 Å². The van der Waals surface area contributed by atoms with Crippen LogP contribution in [-0.2, 0) is 9.47 Å². The molecule has 0 rings (SSSR count). The van der Waals surface area contributed by atoms with Crippen LogP contribution in [0, 0.1) is 5.92 Å². The van der Waals surface area contributed by atoms with Gasteiger partial charge in [0, 0.05) is 32.0 Å². The van der Waals surface area contributed by atoms with Crippen LogP contribution >= 0.6 is 0 Å². The van der Waals surface area contributed by atoms with Gasteiger partial charge >= 0.3 is 12.2 Å². The number of amides is 2. The predicted octanol–water partition coefficient (Wildman–Crippen LogP) is 25.4. The summed E-state index contributed by atoms with van der Waals surface area (Å²) < 4.78 is 13.1. The zero-order chi connectivity index (χ0) is 62.6. The van der Waals surface area contributed by atoms with Gasteiger partial charge in [0.1, 0.15) is 0 Å². The lowest BCUT2D eigenvalue weighted by atomic mass is 9.87. The lowest BCUT2D eigenvalue weighted by molar-refractivity contribution is -0.211. The van der Waals surface area contributed by atoms with Crippen LogP contribution in [0.4, 0.5) is 9.59 Å². The number of allylic oxidation sites excluding steroid dienone is 16. The molecule has 7 heteroatoms. The lowest BCUT2D eigenvalue weighted by Gasteiger charge is -2.41. The summed E-state index contributed by atoms with van der Waals surface area (Å²) in [6.45, 7) is 11.0. The maximum Gasteiger partial charge on any atom is 0.413 e. The number of hydrogen-bond acceptors (Lipinski definition) is 5. The highest BCUT2D eigenvalue weighted by Gasteiger charge is 2.46. The zero-order valence-electron chi connectivity index (χ0n) is 57.9. The Morgan fingerprint density at radius 3 is 0.907 bits per heavy atom. The highest BCUT2D eigenvalue weighted by atomic mass is 16.7.